The molecule has 0 saturated carbocycles. The Balaban J connectivity index is 2.88. The number of aryl methyl sites for hydroxylation is 2. The zero-order valence-electron chi connectivity index (χ0n) is 8.41. The molecule has 0 aliphatic carbocycles. The number of aromatic nitrogens is 2. The Morgan fingerprint density at radius 2 is 2.00 bits per heavy atom. The van der Waals surface area contributed by atoms with E-state index in [1.807, 2.05) is 13.0 Å². The van der Waals surface area contributed by atoms with Crippen molar-refractivity contribution in [2.24, 2.45) is 0 Å². The maximum absolute atomic E-state index is 9.20. The van der Waals surface area contributed by atoms with E-state index in [4.69, 9.17) is 0 Å². The lowest BCUT2D eigenvalue weighted by atomic mass is 10.2. The van der Waals surface area contributed by atoms with Crippen LogP contribution in [0.15, 0.2) is 6.07 Å². The summed E-state index contributed by atoms with van der Waals surface area (Å²) in [5.41, 5.74) is 1.97. The Bertz CT molecular complexity index is 284. The zero-order valence-corrected chi connectivity index (χ0v) is 8.41. The number of hydrogen-bond acceptors (Lipinski definition) is 3. The maximum Gasteiger partial charge on any atom is 0.125 e. The molecule has 3 nitrogen and oxygen atoms in total. The minimum Gasteiger partial charge on any atom is -0.393 e. The number of nitrogens with zero attached hydrogens (tertiary/aromatic N) is 2. The van der Waals surface area contributed by atoms with E-state index in [0.29, 0.717) is 6.42 Å². The van der Waals surface area contributed by atoms with Gasteiger partial charge in [-0.3, -0.25) is 0 Å². The fourth-order valence-corrected chi connectivity index (χ4v) is 1.29. The summed E-state index contributed by atoms with van der Waals surface area (Å²) in [6.45, 7) is 5.71. The highest BCUT2D eigenvalue weighted by Crippen LogP contribution is 2.04. The highest BCUT2D eigenvalue weighted by molar-refractivity contribution is 5.11. The molecule has 0 aliphatic rings. The van der Waals surface area contributed by atoms with Gasteiger partial charge in [0.25, 0.3) is 0 Å². The molecule has 1 rings (SSSR count). The molecule has 1 heterocycles. The van der Waals surface area contributed by atoms with E-state index >= 15 is 0 Å². The monoisotopic (exact) mass is 180 g/mol. The highest BCUT2D eigenvalue weighted by atomic mass is 16.3. The Morgan fingerprint density at radius 1 is 1.38 bits per heavy atom. The summed E-state index contributed by atoms with van der Waals surface area (Å²) >= 11 is 0. The third-order valence-electron chi connectivity index (χ3n) is 1.81. The van der Waals surface area contributed by atoms with Crippen LogP contribution >= 0.6 is 0 Å². The first-order valence-electron chi connectivity index (χ1n) is 4.63. The van der Waals surface area contributed by atoms with E-state index in [9.17, 15) is 5.11 Å². The second-order valence-electron chi connectivity index (χ2n) is 3.30. The van der Waals surface area contributed by atoms with Crippen LogP contribution in [0.5, 0.6) is 0 Å². The second kappa shape index (κ2) is 4.33. The van der Waals surface area contributed by atoms with Crippen LogP contribution < -0.4 is 0 Å². The average molecular weight is 180 g/mol. The number of aliphatic hydroxyl groups excluding tert-OH is 1. The molecule has 0 radical (unpaired) electrons. The summed E-state index contributed by atoms with van der Waals surface area (Å²) in [6, 6.07) is 1.96. The van der Waals surface area contributed by atoms with Gasteiger partial charge in [0.15, 0.2) is 0 Å². The topological polar surface area (TPSA) is 46.0 Å². The van der Waals surface area contributed by atoms with Crippen molar-refractivity contribution in [2.45, 2.75) is 39.7 Å². The van der Waals surface area contributed by atoms with Crippen molar-refractivity contribution in [3.8, 4) is 0 Å². The van der Waals surface area contributed by atoms with E-state index in [-0.39, 0.29) is 6.10 Å². The van der Waals surface area contributed by atoms with Crippen molar-refractivity contribution < 1.29 is 5.11 Å². The Labute approximate surface area is 78.9 Å². The van der Waals surface area contributed by atoms with Gasteiger partial charge in [0.2, 0.25) is 0 Å². The minimum absolute atomic E-state index is 0.334. The molecular weight excluding hydrogens is 164 g/mol. The van der Waals surface area contributed by atoms with E-state index in [1.54, 1.807) is 6.92 Å². The fourth-order valence-electron chi connectivity index (χ4n) is 1.29. The minimum atomic E-state index is -0.334. The van der Waals surface area contributed by atoms with Crippen molar-refractivity contribution in [3.63, 3.8) is 0 Å². The van der Waals surface area contributed by atoms with Crippen molar-refractivity contribution >= 4 is 0 Å². The normalized spacial score (nSPS) is 12.9. The van der Waals surface area contributed by atoms with Crippen LogP contribution in [0, 0.1) is 6.92 Å². The molecule has 0 saturated heterocycles. The predicted octanol–water partition coefficient (Wildman–Crippen LogP) is 1.27. The third kappa shape index (κ3) is 3.11. The van der Waals surface area contributed by atoms with E-state index in [1.165, 1.54) is 0 Å². The van der Waals surface area contributed by atoms with Gasteiger partial charge in [-0.25, -0.2) is 9.97 Å². The molecule has 1 aromatic rings. The molecule has 0 bridgehead atoms. The molecule has 0 aromatic carbocycles. The van der Waals surface area contributed by atoms with E-state index < -0.39 is 0 Å². The summed E-state index contributed by atoms with van der Waals surface area (Å²) in [5.74, 6) is 0.787. The molecule has 1 unspecified atom stereocenters. The van der Waals surface area contributed by atoms with Gasteiger partial charge >= 0.3 is 0 Å². The Hall–Kier alpha value is -0.960. The van der Waals surface area contributed by atoms with Gasteiger partial charge < -0.3 is 5.11 Å². The van der Waals surface area contributed by atoms with Gasteiger partial charge in [-0.15, -0.1) is 0 Å². The first kappa shape index (κ1) is 10.1. The van der Waals surface area contributed by atoms with Gasteiger partial charge in [0, 0.05) is 17.8 Å². The molecular formula is C10H16N2O. The lowest BCUT2D eigenvalue weighted by molar-refractivity contribution is 0.194. The molecule has 3 heteroatoms. The van der Waals surface area contributed by atoms with Gasteiger partial charge in [-0.1, -0.05) is 6.92 Å². The van der Waals surface area contributed by atoms with Gasteiger partial charge in [-0.05, 0) is 26.3 Å². The van der Waals surface area contributed by atoms with Crippen LogP contribution in [0.25, 0.3) is 0 Å². The van der Waals surface area contributed by atoms with Crippen molar-refractivity contribution in [1.29, 1.82) is 0 Å². The Kier molecular flexibility index (Phi) is 3.37. The molecule has 0 aliphatic heterocycles. The third-order valence-corrected chi connectivity index (χ3v) is 1.81. The molecule has 1 aromatic heterocycles. The molecule has 72 valence electrons. The zero-order chi connectivity index (χ0) is 9.84. The summed E-state index contributed by atoms with van der Waals surface area (Å²) in [5, 5.41) is 9.20. The first-order valence-corrected chi connectivity index (χ1v) is 4.63. The largest absolute Gasteiger partial charge is 0.393 e. The second-order valence-corrected chi connectivity index (χ2v) is 3.30. The van der Waals surface area contributed by atoms with Crippen LogP contribution in [0.3, 0.4) is 0 Å². The van der Waals surface area contributed by atoms with Crippen LogP contribution in [-0.4, -0.2) is 21.2 Å². The molecule has 0 amide bonds. The molecule has 13 heavy (non-hydrogen) atoms. The fraction of sp³-hybridized carbons (Fsp3) is 0.600. The van der Waals surface area contributed by atoms with Crippen LogP contribution in [0.2, 0.25) is 0 Å². The average Bonchev–Trinajstić information content (AvgIpc) is 2.01. The van der Waals surface area contributed by atoms with Crippen molar-refractivity contribution in [3.05, 3.63) is 23.3 Å². The van der Waals surface area contributed by atoms with Gasteiger partial charge in [-0.2, -0.15) is 0 Å². The van der Waals surface area contributed by atoms with Crippen LogP contribution in [0.1, 0.15) is 31.1 Å². The first-order chi connectivity index (χ1) is 6.11. The Morgan fingerprint density at radius 3 is 2.54 bits per heavy atom. The lowest BCUT2D eigenvalue weighted by Gasteiger charge is -2.06. The summed E-state index contributed by atoms with van der Waals surface area (Å²) in [6.07, 6.45) is 1.19. The standard InChI is InChI=1S/C10H16N2O/c1-4-9-6-10(5-7(2)13)12-8(3)11-9/h6-7,13H,4-5H2,1-3H3. The SMILES string of the molecule is CCc1cc(CC(C)O)nc(C)n1. The van der Waals surface area contributed by atoms with Crippen LogP contribution in [0.4, 0.5) is 0 Å². The number of rotatable bonds is 3. The van der Waals surface area contributed by atoms with Crippen LogP contribution in [-0.2, 0) is 12.8 Å². The molecule has 1 atom stereocenters. The quantitative estimate of drug-likeness (QED) is 0.762. The van der Waals surface area contributed by atoms with Gasteiger partial charge in [0.1, 0.15) is 5.82 Å². The van der Waals surface area contributed by atoms with E-state index in [0.717, 1.165) is 23.6 Å². The maximum atomic E-state index is 9.20. The number of hydrogen-bond donors (Lipinski definition) is 1. The van der Waals surface area contributed by atoms with Crippen molar-refractivity contribution in [2.75, 3.05) is 0 Å². The van der Waals surface area contributed by atoms with Crippen molar-refractivity contribution in [1.82, 2.24) is 9.97 Å². The predicted molar refractivity (Wildman–Crippen MR) is 51.5 cm³/mol. The summed E-state index contributed by atoms with van der Waals surface area (Å²) < 4.78 is 0. The molecule has 0 spiro atoms. The molecule has 0 fully saturated rings. The number of aliphatic hydroxyl groups is 1. The van der Waals surface area contributed by atoms with E-state index in [2.05, 4.69) is 16.9 Å². The lowest BCUT2D eigenvalue weighted by Crippen LogP contribution is -2.08. The summed E-state index contributed by atoms with van der Waals surface area (Å²) in [4.78, 5) is 8.52. The molecule has 1 N–H and O–H groups in total. The van der Waals surface area contributed by atoms with Gasteiger partial charge in [0.05, 0.1) is 6.10 Å². The smallest absolute Gasteiger partial charge is 0.125 e. The summed E-state index contributed by atoms with van der Waals surface area (Å²) in [7, 11) is 0. The highest BCUT2D eigenvalue weighted by Gasteiger charge is 2.03.